The Balaban J connectivity index is 2.48. The van der Waals surface area contributed by atoms with Crippen molar-refractivity contribution in [2.75, 3.05) is 0 Å². The highest BCUT2D eigenvalue weighted by atomic mass is 16.6. The first-order valence-electron chi connectivity index (χ1n) is 13.5. The number of aryl methyl sites for hydroxylation is 1. The smallest absolute Gasteiger partial charge is 0.408 e. The Labute approximate surface area is 217 Å². The van der Waals surface area contributed by atoms with Crippen LogP contribution in [0.3, 0.4) is 0 Å². The number of nitrogens with zero attached hydrogens (tertiary/aromatic N) is 1. The van der Waals surface area contributed by atoms with Crippen LogP contribution in [0.1, 0.15) is 104 Å². The molecule has 7 heteroatoms. The van der Waals surface area contributed by atoms with Crippen LogP contribution in [0.5, 0.6) is 0 Å². The third kappa shape index (κ3) is 8.82. The number of carbonyl (C=O) groups excluding carboxylic acids is 3. The monoisotopic (exact) mass is 501 g/mol. The van der Waals surface area contributed by atoms with Gasteiger partial charge < -0.3 is 20.3 Å². The molecule has 7 nitrogen and oxygen atoms in total. The van der Waals surface area contributed by atoms with E-state index in [1.807, 2.05) is 52.0 Å². The molecule has 1 aromatic carbocycles. The predicted octanol–water partition coefficient (Wildman–Crippen LogP) is 5.66. The Morgan fingerprint density at radius 2 is 1.78 bits per heavy atom. The van der Waals surface area contributed by atoms with Crippen molar-refractivity contribution in [3.8, 4) is 0 Å². The van der Waals surface area contributed by atoms with Gasteiger partial charge in [0.05, 0.1) is 0 Å². The van der Waals surface area contributed by atoms with Crippen molar-refractivity contribution >= 4 is 17.9 Å². The van der Waals surface area contributed by atoms with E-state index in [4.69, 9.17) is 4.74 Å². The molecule has 0 bridgehead atoms. The van der Waals surface area contributed by atoms with E-state index < -0.39 is 23.8 Å². The summed E-state index contributed by atoms with van der Waals surface area (Å²) >= 11 is 0. The second kappa shape index (κ2) is 13.1. The van der Waals surface area contributed by atoms with Crippen LogP contribution in [-0.4, -0.2) is 46.5 Å². The van der Waals surface area contributed by atoms with Gasteiger partial charge in [0.1, 0.15) is 17.7 Å². The van der Waals surface area contributed by atoms with Crippen LogP contribution in [-0.2, 0) is 14.3 Å². The molecule has 1 aliphatic rings. The summed E-state index contributed by atoms with van der Waals surface area (Å²) in [5.41, 5.74) is 1.14. The summed E-state index contributed by atoms with van der Waals surface area (Å²) in [5, 5.41) is 5.97. The van der Waals surface area contributed by atoms with Crippen LogP contribution < -0.4 is 10.6 Å². The highest BCUT2D eigenvalue weighted by Gasteiger charge is 2.42. The first-order valence-corrected chi connectivity index (χ1v) is 13.5. The quantitative estimate of drug-likeness (QED) is 0.409. The molecule has 202 valence electrons. The largest absolute Gasteiger partial charge is 0.444 e. The zero-order valence-corrected chi connectivity index (χ0v) is 23.5. The Morgan fingerprint density at radius 3 is 2.28 bits per heavy atom. The number of nitrogens with one attached hydrogen (secondary N) is 2. The summed E-state index contributed by atoms with van der Waals surface area (Å²) in [5.74, 6) is -0.251. The summed E-state index contributed by atoms with van der Waals surface area (Å²) in [6.07, 6.45) is 4.34. The van der Waals surface area contributed by atoms with Gasteiger partial charge in [0.25, 0.3) is 0 Å². The Hall–Kier alpha value is -2.57. The minimum Gasteiger partial charge on any atom is -0.444 e. The topological polar surface area (TPSA) is 87.7 Å². The predicted molar refractivity (Wildman–Crippen MR) is 144 cm³/mol. The number of hydrogen-bond acceptors (Lipinski definition) is 4. The van der Waals surface area contributed by atoms with E-state index in [1.165, 1.54) is 0 Å². The highest BCUT2D eigenvalue weighted by molar-refractivity contribution is 5.92. The summed E-state index contributed by atoms with van der Waals surface area (Å²) in [4.78, 5) is 42.4. The van der Waals surface area contributed by atoms with Gasteiger partial charge in [-0.2, -0.15) is 0 Å². The maximum Gasteiger partial charge on any atom is 0.408 e. The van der Waals surface area contributed by atoms with Crippen LogP contribution in [0.4, 0.5) is 4.79 Å². The zero-order chi connectivity index (χ0) is 27.0. The van der Waals surface area contributed by atoms with Crippen molar-refractivity contribution < 1.29 is 19.1 Å². The lowest BCUT2D eigenvalue weighted by Gasteiger charge is -2.44. The van der Waals surface area contributed by atoms with Crippen molar-refractivity contribution in [1.29, 1.82) is 0 Å². The number of rotatable bonds is 11. The lowest BCUT2D eigenvalue weighted by atomic mass is 9.87. The second-order valence-electron chi connectivity index (χ2n) is 11.7. The average molecular weight is 502 g/mol. The maximum atomic E-state index is 14.2. The van der Waals surface area contributed by atoms with Gasteiger partial charge in [-0.05, 0) is 78.2 Å². The molecule has 3 amide bonds. The van der Waals surface area contributed by atoms with E-state index in [0.29, 0.717) is 6.42 Å². The molecule has 1 aromatic rings. The van der Waals surface area contributed by atoms with Crippen LogP contribution in [0, 0.1) is 12.8 Å². The molecule has 1 aliphatic carbocycles. The Bertz CT molecular complexity index is 889. The number of alkyl carbamates (subject to hydrolysis) is 1. The standard InChI is InChI=1S/C29H47N3O4/c1-9-12-21(5)30-26(33)25(22-14-10-13-20(4)18-22)32(23-15-11-16-23)27(34)24(17-19(2)3)31-28(35)36-29(6,7)8/h10,13-14,18-19,21,23-25H,9,11-12,15-17H2,1-8H3,(H,30,33)(H,31,35). The minimum atomic E-state index is -0.784. The molecular formula is C29H47N3O4. The molecule has 3 atom stereocenters. The maximum absolute atomic E-state index is 14.2. The molecule has 0 radical (unpaired) electrons. The molecule has 0 aliphatic heterocycles. The van der Waals surface area contributed by atoms with Crippen molar-refractivity contribution in [3.63, 3.8) is 0 Å². The van der Waals surface area contributed by atoms with Crippen LogP contribution >= 0.6 is 0 Å². The van der Waals surface area contributed by atoms with Gasteiger partial charge in [-0.3, -0.25) is 9.59 Å². The number of ether oxygens (including phenoxy) is 1. The third-order valence-corrected chi connectivity index (χ3v) is 6.41. The van der Waals surface area contributed by atoms with Gasteiger partial charge in [-0.1, -0.05) is 57.0 Å². The molecule has 0 spiro atoms. The van der Waals surface area contributed by atoms with Gasteiger partial charge in [0.15, 0.2) is 0 Å². The van der Waals surface area contributed by atoms with Crippen LogP contribution in [0.15, 0.2) is 24.3 Å². The first kappa shape index (κ1) is 29.7. The van der Waals surface area contributed by atoms with E-state index in [9.17, 15) is 14.4 Å². The Morgan fingerprint density at radius 1 is 1.11 bits per heavy atom. The van der Waals surface area contributed by atoms with Crippen molar-refractivity contribution in [1.82, 2.24) is 15.5 Å². The molecule has 0 aromatic heterocycles. The van der Waals surface area contributed by atoms with E-state index >= 15 is 0 Å². The number of carbonyl (C=O) groups is 3. The van der Waals surface area contributed by atoms with E-state index in [1.54, 1.807) is 25.7 Å². The number of amides is 3. The molecule has 36 heavy (non-hydrogen) atoms. The summed E-state index contributed by atoms with van der Waals surface area (Å²) in [6, 6.07) is 6.20. The average Bonchev–Trinajstić information content (AvgIpc) is 2.69. The fourth-order valence-electron chi connectivity index (χ4n) is 4.61. The zero-order valence-electron chi connectivity index (χ0n) is 23.5. The molecule has 2 N–H and O–H groups in total. The van der Waals surface area contributed by atoms with Gasteiger partial charge in [-0.15, -0.1) is 0 Å². The van der Waals surface area contributed by atoms with E-state index in [0.717, 1.165) is 43.2 Å². The Kier molecular flexibility index (Phi) is 10.8. The highest BCUT2D eigenvalue weighted by Crippen LogP contribution is 2.34. The molecule has 2 rings (SSSR count). The van der Waals surface area contributed by atoms with Gasteiger partial charge >= 0.3 is 6.09 Å². The van der Waals surface area contributed by atoms with Gasteiger partial charge in [-0.25, -0.2) is 4.79 Å². The van der Waals surface area contributed by atoms with Crippen LogP contribution in [0.2, 0.25) is 0 Å². The fourth-order valence-corrected chi connectivity index (χ4v) is 4.61. The SMILES string of the molecule is CCCC(C)NC(=O)C(c1cccc(C)c1)N(C(=O)C(CC(C)C)NC(=O)OC(C)(C)C)C1CCC1. The normalized spacial score (nSPS) is 16.5. The second-order valence-corrected chi connectivity index (χ2v) is 11.7. The van der Waals surface area contributed by atoms with E-state index in [2.05, 4.69) is 17.6 Å². The summed E-state index contributed by atoms with van der Waals surface area (Å²) in [6.45, 7) is 15.5. The summed E-state index contributed by atoms with van der Waals surface area (Å²) < 4.78 is 5.47. The molecule has 0 saturated heterocycles. The minimum absolute atomic E-state index is 0.000462. The number of benzene rings is 1. The molecule has 1 fully saturated rings. The third-order valence-electron chi connectivity index (χ3n) is 6.41. The molecule has 3 unspecified atom stereocenters. The van der Waals surface area contributed by atoms with Crippen molar-refractivity contribution in [2.24, 2.45) is 5.92 Å². The lowest BCUT2D eigenvalue weighted by molar-refractivity contribution is -0.148. The molecule has 0 heterocycles. The lowest BCUT2D eigenvalue weighted by Crippen LogP contribution is -2.58. The van der Waals surface area contributed by atoms with Crippen molar-refractivity contribution in [3.05, 3.63) is 35.4 Å². The molecule has 1 saturated carbocycles. The molecular weight excluding hydrogens is 454 g/mol. The summed E-state index contributed by atoms with van der Waals surface area (Å²) in [7, 11) is 0. The van der Waals surface area contributed by atoms with Gasteiger partial charge in [0.2, 0.25) is 11.8 Å². The van der Waals surface area contributed by atoms with Gasteiger partial charge in [0, 0.05) is 12.1 Å². The fraction of sp³-hybridized carbons (Fsp3) is 0.690. The van der Waals surface area contributed by atoms with Crippen molar-refractivity contribution in [2.45, 2.75) is 124 Å². The first-order chi connectivity index (χ1) is 16.8. The van der Waals surface area contributed by atoms with E-state index in [-0.39, 0.29) is 29.8 Å². The van der Waals surface area contributed by atoms with Crippen LogP contribution in [0.25, 0.3) is 0 Å². The number of hydrogen-bond donors (Lipinski definition) is 2.